The van der Waals surface area contributed by atoms with E-state index < -0.39 is 0 Å². The molecule has 0 saturated carbocycles. The summed E-state index contributed by atoms with van der Waals surface area (Å²) in [4.78, 5) is 0. The van der Waals surface area contributed by atoms with Gasteiger partial charge in [-0.2, -0.15) is 5.10 Å². The molecule has 5 heteroatoms. The van der Waals surface area contributed by atoms with Crippen molar-refractivity contribution >= 4 is 0 Å². The predicted octanol–water partition coefficient (Wildman–Crippen LogP) is 1.61. The summed E-state index contributed by atoms with van der Waals surface area (Å²) in [6.45, 7) is 2.77. The van der Waals surface area contributed by atoms with E-state index in [1.54, 1.807) is 0 Å². The molecule has 0 spiro atoms. The van der Waals surface area contributed by atoms with Crippen LogP contribution in [-0.2, 0) is 13.5 Å². The second-order valence-electron chi connectivity index (χ2n) is 5.23. The third-order valence-corrected chi connectivity index (χ3v) is 3.80. The summed E-state index contributed by atoms with van der Waals surface area (Å²) in [6, 6.07) is 6.17. The van der Waals surface area contributed by atoms with Crippen LogP contribution in [0.1, 0.15) is 34.8 Å². The van der Waals surface area contributed by atoms with Crippen LogP contribution in [0, 0.1) is 6.92 Å². The molecule has 5 nitrogen and oxygen atoms in total. The van der Waals surface area contributed by atoms with Crippen LogP contribution in [0.25, 0.3) is 0 Å². The van der Waals surface area contributed by atoms with E-state index >= 15 is 0 Å². The average Bonchev–Trinajstić information content (AvgIpc) is 2.79. The molecule has 0 amide bonds. The second kappa shape index (κ2) is 5.26. The molecule has 0 aliphatic carbocycles. The van der Waals surface area contributed by atoms with Crippen LogP contribution < -0.4 is 16.0 Å². The number of aryl methyl sites for hydroxylation is 3. The van der Waals surface area contributed by atoms with E-state index in [0.29, 0.717) is 0 Å². The summed E-state index contributed by atoms with van der Waals surface area (Å²) in [5, 5.41) is 4.40. The van der Waals surface area contributed by atoms with Gasteiger partial charge in [0.05, 0.1) is 18.3 Å². The summed E-state index contributed by atoms with van der Waals surface area (Å²) in [7, 11) is 1.92. The van der Waals surface area contributed by atoms with Crippen LogP contribution in [0.15, 0.2) is 24.4 Å². The van der Waals surface area contributed by atoms with Crippen molar-refractivity contribution in [1.82, 2.24) is 15.2 Å². The molecule has 0 saturated heterocycles. The Morgan fingerprint density at radius 3 is 2.95 bits per heavy atom. The highest BCUT2D eigenvalue weighted by Gasteiger charge is 2.24. The SMILES string of the molecule is Cc1nn(C)cc1C(NN)c1cccc2c1OCCC2. The van der Waals surface area contributed by atoms with Crippen LogP contribution in [0.2, 0.25) is 0 Å². The number of ether oxygens (including phenoxy) is 1. The minimum absolute atomic E-state index is 0.100. The lowest BCUT2D eigenvalue weighted by atomic mass is 9.94. The second-order valence-corrected chi connectivity index (χ2v) is 5.23. The van der Waals surface area contributed by atoms with Crippen molar-refractivity contribution in [3.8, 4) is 5.75 Å². The fraction of sp³-hybridized carbons (Fsp3) is 0.400. The molecule has 2 aromatic rings. The number of fused-ring (bicyclic) bond motifs is 1. The zero-order valence-corrected chi connectivity index (χ0v) is 11.9. The number of aromatic nitrogens is 2. The Labute approximate surface area is 118 Å². The minimum Gasteiger partial charge on any atom is -0.493 e. The van der Waals surface area contributed by atoms with Crippen molar-refractivity contribution in [1.29, 1.82) is 0 Å². The van der Waals surface area contributed by atoms with Crippen LogP contribution >= 0.6 is 0 Å². The predicted molar refractivity (Wildman–Crippen MR) is 77.4 cm³/mol. The van der Waals surface area contributed by atoms with Crippen LogP contribution in [0.5, 0.6) is 5.75 Å². The summed E-state index contributed by atoms with van der Waals surface area (Å²) < 4.78 is 7.69. The molecule has 3 N–H and O–H groups in total. The van der Waals surface area contributed by atoms with E-state index in [2.05, 4.69) is 28.7 Å². The molecule has 3 rings (SSSR count). The molecule has 1 atom stereocenters. The Morgan fingerprint density at radius 2 is 2.25 bits per heavy atom. The van der Waals surface area contributed by atoms with Crippen molar-refractivity contribution < 1.29 is 4.74 Å². The van der Waals surface area contributed by atoms with Crippen molar-refractivity contribution in [3.63, 3.8) is 0 Å². The van der Waals surface area contributed by atoms with Gasteiger partial charge in [-0.3, -0.25) is 10.5 Å². The third-order valence-electron chi connectivity index (χ3n) is 3.80. The first kappa shape index (κ1) is 13.1. The highest BCUT2D eigenvalue weighted by molar-refractivity contribution is 5.48. The van der Waals surface area contributed by atoms with Gasteiger partial charge in [0.2, 0.25) is 0 Å². The van der Waals surface area contributed by atoms with E-state index in [1.165, 1.54) is 5.56 Å². The maximum absolute atomic E-state index is 5.88. The van der Waals surface area contributed by atoms with Gasteiger partial charge in [0.1, 0.15) is 5.75 Å². The Bertz CT molecular complexity index is 620. The largest absolute Gasteiger partial charge is 0.493 e. The molecule has 20 heavy (non-hydrogen) atoms. The van der Waals surface area contributed by atoms with Crippen molar-refractivity contribution in [2.24, 2.45) is 12.9 Å². The Morgan fingerprint density at radius 1 is 1.40 bits per heavy atom. The molecule has 1 unspecified atom stereocenters. The summed E-state index contributed by atoms with van der Waals surface area (Å²) in [5.41, 5.74) is 7.31. The quantitative estimate of drug-likeness (QED) is 0.658. The number of nitrogens with zero attached hydrogens (tertiary/aromatic N) is 2. The van der Waals surface area contributed by atoms with Gasteiger partial charge < -0.3 is 4.74 Å². The van der Waals surface area contributed by atoms with E-state index in [0.717, 1.165) is 42.0 Å². The number of nitrogens with one attached hydrogen (secondary N) is 1. The minimum atomic E-state index is -0.100. The molecular weight excluding hydrogens is 252 g/mol. The first-order chi connectivity index (χ1) is 9.70. The van der Waals surface area contributed by atoms with Gasteiger partial charge >= 0.3 is 0 Å². The van der Waals surface area contributed by atoms with Gasteiger partial charge in [0, 0.05) is 24.4 Å². The normalized spacial score (nSPS) is 15.6. The van der Waals surface area contributed by atoms with Gasteiger partial charge in [-0.25, -0.2) is 5.43 Å². The van der Waals surface area contributed by atoms with Crippen LogP contribution in [0.3, 0.4) is 0 Å². The smallest absolute Gasteiger partial charge is 0.127 e. The highest BCUT2D eigenvalue weighted by Crippen LogP contribution is 2.35. The van der Waals surface area contributed by atoms with Gasteiger partial charge in [0.15, 0.2) is 0 Å². The summed E-state index contributed by atoms with van der Waals surface area (Å²) in [5.74, 6) is 6.78. The topological polar surface area (TPSA) is 65.1 Å². The molecule has 106 valence electrons. The first-order valence-electron chi connectivity index (χ1n) is 6.91. The standard InChI is InChI=1S/C15H20N4O/c1-10-13(9-19(2)18-10)14(17-16)12-7-3-5-11-6-4-8-20-15(11)12/h3,5,7,9,14,17H,4,6,8,16H2,1-2H3. The van der Waals surface area contributed by atoms with E-state index in [-0.39, 0.29) is 6.04 Å². The van der Waals surface area contributed by atoms with Crippen molar-refractivity contribution in [3.05, 3.63) is 46.8 Å². The number of hydrogen-bond acceptors (Lipinski definition) is 4. The highest BCUT2D eigenvalue weighted by atomic mass is 16.5. The Balaban J connectivity index is 2.08. The number of rotatable bonds is 3. The number of hydrogen-bond donors (Lipinski definition) is 2. The van der Waals surface area contributed by atoms with E-state index in [4.69, 9.17) is 10.6 Å². The fourth-order valence-electron chi connectivity index (χ4n) is 2.89. The monoisotopic (exact) mass is 272 g/mol. The number of para-hydroxylation sites is 1. The lowest BCUT2D eigenvalue weighted by Gasteiger charge is -2.24. The summed E-state index contributed by atoms with van der Waals surface area (Å²) >= 11 is 0. The third kappa shape index (κ3) is 2.19. The van der Waals surface area contributed by atoms with Crippen molar-refractivity contribution in [2.45, 2.75) is 25.8 Å². The van der Waals surface area contributed by atoms with Gasteiger partial charge in [0.25, 0.3) is 0 Å². The molecule has 0 bridgehead atoms. The van der Waals surface area contributed by atoms with Gasteiger partial charge in [-0.1, -0.05) is 18.2 Å². The van der Waals surface area contributed by atoms with Crippen molar-refractivity contribution in [2.75, 3.05) is 6.61 Å². The number of benzene rings is 1. The molecule has 2 heterocycles. The number of nitrogens with two attached hydrogens (primary N) is 1. The van der Waals surface area contributed by atoms with E-state index in [9.17, 15) is 0 Å². The van der Waals surface area contributed by atoms with Gasteiger partial charge in [-0.15, -0.1) is 0 Å². The lowest BCUT2D eigenvalue weighted by Crippen LogP contribution is -2.30. The van der Waals surface area contributed by atoms with Crippen LogP contribution in [-0.4, -0.2) is 16.4 Å². The maximum atomic E-state index is 5.88. The zero-order chi connectivity index (χ0) is 14.1. The molecule has 1 aliphatic heterocycles. The molecule has 1 aliphatic rings. The van der Waals surface area contributed by atoms with Gasteiger partial charge in [-0.05, 0) is 25.3 Å². The molecule has 1 aromatic heterocycles. The van der Waals surface area contributed by atoms with E-state index in [1.807, 2.05) is 24.9 Å². The molecule has 0 radical (unpaired) electrons. The molecular formula is C15H20N4O. The average molecular weight is 272 g/mol. The number of hydrazine groups is 1. The zero-order valence-electron chi connectivity index (χ0n) is 11.9. The fourth-order valence-corrected chi connectivity index (χ4v) is 2.89. The summed E-state index contributed by atoms with van der Waals surface area (Å²) in [6.07, 6.45) is 4.14. The lowest BCUT2D eigenvalue weighted by molar-refractivity contribution is 0.283. The Hall–Kier alpha value is -1.85. The molecule has 1 aromatic carbocycles. The maximum Gasteiger partial charge on any atom is 0.127 e. The Kier molecular flexibility index (Phi) is 3.46. The first-order valence-corrected chi connectivity index (χ1v) is 6.91. The molecule has 0 fully saturated rings. The van der Waals surface area contributed by atoms with Crippen LogP contribution in [0.4, 0.5) is 0 Å².